The fourth-order valence-electron chi connectivity index (χ4n) is 3.27. The maximum absolute atomic E-state index is 13.2. The summed E-state index contributed by atoms with van der Waals surface area (Å²) in [5.74, 6) is 1.38. The fourth-order valence-corrected chi connectivity index (χ4v) is 3.27. The van der Waals surface area contributed by atoms with Crippen molar-refractivity contribution >= 4 is 5.91 Å². The molecule has 7 heteroatoms. The van der Waals surface area contributed by atoms with Crippen LogP contribution in [0.1, 0.15) is 30.6 Å². The Morgan fingerprint density at radius 3 is 3.00 bits per heavy atom. The van der Waals surface area contributed by atoms with Crippen molar-refractivity contribution in [2.24, 2.45) is 5.92 Å². The summed E-state index contributed by atoms with van der Waals surface area (Å²) in [5, 5.41) is 3.97. The first-order chi connectivity index (χ1) is 12.0. The van der Waals surface area contributed by atoms with Crippen LogP contribution in [0.4, 0.5) is 4.39 Å². The highest BCUT2D eigenvalue weighted by Crippen LogP contribution is 2.19. The Morgan fingerprint density at radius 1 is 1.44 bits per heavy atom. The predicted octanol–water partition coefficient (Wildman–Crippen LogP) is 2.10. The molecule has 6 nitrogen and oxygen atoms in total. The minimum atomic E-state index is -0.270. The Morgan fingerprint density at radius 2 is 2.28 bits per heavy atom. The molecule has 134 valence electrons. The molecule has 0 aliphatic carbocycles. The van der Waals surface area contributed by atoms with Crippen LogP contribution in [0.3, 0.4) is 0 Å². The molecule has 0 saturated carbocycles. The lowest BCUT2D eigenvalue weighted by Crippen LogP contribution is -2.28. The fraction of sp³-hybridized carbons (Fsp3) is 0.500. The lowest BCUT2D eigenvalue weighted by Gasteiger charge is -2.19. The molecule has 25 heavy (non-hydrogen) atoms. The number of benzene rings is 1. The Kier molecular flexibility index (Phi) is 5.43. The number of nitrogens with zero attached hydrogens (tertiary/aromatic N) is 4. The molecule has 0 spiro atoms. The molecule has 1 atom stereocenters. The Balaban J connectivity index is 1.52. The van der Waals surface area contributed by atoms with Crippen molar-refractivity contribution in [2.45, 2.75) is 26.3 Å². The summed E-state index contributed by atoms with van der Waals surface area (Å²) < 4.78 is 18.5. The second-order valence-corrected chi connectivity index (χ2v) is 6.61. The van der Waals surface area contributed by atoms with E-state index < -0.39 is 0 Å². The summed E-state index contributed by atoms with van der Waals surface area (Å²) in [6, 6.07) is 6.38. The third-order valence-electron chi connectivity index (χ3n) is 4.41. The summed E-state index contributed by atoms with van der Waals surface area (Å²) in [6.07, 6.45) is 1.04. The van der Waals surface area contributed by atoms with Crippen molar-refractivity contribution in [3.63, 3.8) is 0 Å². The van der Waals surface area contributed by atoms with E-state index in [-0.39, 0.29) is 11.7 Å². The molecule has 2 heterocycles. The van der Waals surface area contributed by atoms with E-state index in [2.05, 4.69) is 15.0 Å². The smallest absolute Gasteiger partial charge is 0.240 e. The second kappa shape index (κ2) is 7.74. The van der Waals surface area contributed by atoms with Crippen LogP contribution in [0, 0.1) is 11.7 Å². The van der Waals surface area contributed by atoms with Gasteiger partial charge in [-0.1, -0.05) is 17.3 Å². The van der Waals surface area contributed by atoms with Crippen molar-refractivity contribution in [3.05, 3.63) is 47.4 Å². The van der Waals surface area contributed by atoms with E-state index >= 15 is 0 Å². The molecule has 1 aromatic heterocycles. The van der Waals surface area contributed by atoms with Crippen LogP contribution in [0.2, 0.25) is 0 Å². The van der Waals surface area contributed by atoms with Gasteiger partial charge in [0.1, 0.15) is 5.82 Å². The first-order valence-corrected chi connectivity index (χ1v) is 8.55. The molecular weight excluding hydrogens is 323 g/mol. The van der Waals surface area contributed by atoms with E-state index in [1.54, 1.807) is 6.07 Å². The van der Waals surface area contributed by atoms with Gasteiger partial charge < -0.3 is 9.42 Å². The van der Waals surface area contributed by atoms with Gasteiger partial charge >= 0.3 is 0 Å². The zero-order valence-electron chi connectivity index (χ0n) is 14.6. The SMILES string of the molecule is CCN1CC(CN(C)Cc2nc(Cc3cccc(F)c3)no2)CC1=O. The van der Waals surface area contributed by atoms with Crippen LogP contribution in [-0.2, 0) is 17.8 Å². The standard InChI is InChI=1S/C18H23FN4O2/c1-3-23-11-14(9-18(23)24)10-22(2)12-17-20-16(21-25-17)8-13-5-4-6-15(19)7-13/h4-7,14H,3,8-12H2,1-2H3. The van der Waals surface area contributed by atoms with Crippen LogP contribution in [0.15, 0.2) is 28.8 Å². The van der Waals surface area contributed by atoms with E-state index in [1.807, 2.05) is 24.9 Å². The highest BCUT2D eigenvalue weighted by Gasteiger charge is 2.29. The Labute approximate surface area is 146 Å². The number of amides is 1. The number of carbonyl (C=O) groups excluding carboxylic acids is 1. The van der Waals surface area contributed by atoms with Crippen LogP contribution in [-0.4, -0.2) is 52.5 Å². The monoisotopic (exact) mass is 346 g/mol. The number of aromatic nitrogens is 2. The predicted molar refractivity (Wildman–Crippen MR) is 90.2 cm³/mol. The van der Waals surface area contributed by atoms with Gasteiger partial charge in [0.15, 0.2) is 5.82 Å². The molecule has 3 rings (SSSR count). The molecule has 1 aliphatic rings. The molecule has 0 bridgehead atoms. The van der Waals surface area contributed by atoms with Gasteiger partial charge in [-0.15, -0.1) is 0 Å². The highest BCUT2D eigenvalue weighted by molar-refractivity contribution is 5.78. The quantitative estimate of drug-likeness (QED) is 0.768. The van der Waals surface area contributed by atoms with Gasteiger partial charge in [0, 0.05) is 32.5 Å². The number of rotatable bonds is 7. The molecule has 2 aromatic rings. The summed E-state index contributed by atoms with van der Waals surface area (Å²) in [5.41, 5.74) is 0.810. The summed E-state index contributed by atoms with van der Waals surface area (Å²) in [6.45, 7) is 4.93. The molecule has 1 aliphatic heterocycles. The van der Waals surface area contributed by atoms with E-state index in [4.69, 9.17) is 4.52 Å². The molecule has 0 N–H and O–H groups in total. The topological polar surface area (TPSA) is 62.5 Å². The molecule has 1 saturated heterocycles. The number of hydrogen-bond donors (Lipinski definition) is 0. The van der Waals surface area contributed by atoms with Crippen LogP contribution < -0.4 is 0 Å². The van der Waals surface area contributed by atoms with E-state index in [9.17, 15) is 9.18 Å². The van der Waals surface area contributed by atoms with Crippen molar-refractivity contribution in [1.82, 2.24) is 19.9 Å². The first kappa shape index (κ1) is 17.5. The zero-order valence-corrected chi connectivity index (χ0v) is 14.6. The number of likely N-dealkylation sites (tertiary alicyclic amines) is 1. The van der Waals surface area contributed by atoms with Gasteiger partial charge in [-0.25, -0.2) is 4.39 Å². The normalized spacial score (nSPS) is 17.7. The van der Waals surface area contributed by atoms with E-state index in [0.29, 0.717) is 37.0 Å². The average molecular weight is 346 g/mol. The van der Waals surface area contributed by atoms with Crippen LogP contribution in [0.25, 0.3) is 0 Å². The number of halogens is 1. The van der Waals surface area contributed by atoms with Crippen molar-refractivity contribution in [1.29, 1.82) is 0 Å². The van der Waals surface area contributed by atoms with Crippen LogP contribution in [0.5, 0.6) is 0 Å². The number of hydrogen-bond acceptors (Lipinski definition) is 5. The average Bonchev–Trinajstić information content (AvgIpc) is 3.13. The van der Waals surface area contributed by atoms with Gasteiger partial charge in [0.2, 0.25) is 11.8 Å². The van der Waals surface area contributed by atoms with E-state index in [1.165, 1.54) is 12.1 Å². The lowest BCUT2D eigenvalue weighted by molar-refractivity contribution is -0.127. The van der Waals surface area contributed by atoms with Crippen LogP contribution >= 0.6 is 0 Å². The van der Waals surface area contributed by atoms with Gasteiger partial charge in [-0.05, 0) is 37.6 Å². The summed E-state index contributed by atoms with van der Waals surface area (Å²) in [4.78, 5) is 20.2. The van der Waals surface area contributed by atoms with Gasteiger partial charge in [-0.3, -0.25) is 9.69 Å². The molecule has 1 unspecified atom stereocenters. The van der Waals surface area contributed by atoms with E-state index in [0.717, 1.165) is 25.2 Å². The maximum Gasteiger partial charge on any atom is 0.240 e. The van der Waals surface area contributed by atoms with Gasteiger partial charge in [0.05, 0.1) is 6.54 Å². The second-order valence-electron chi connectivity index (χ2n) is 6.61. The highest BCUT2D eigenvalue weighted by atomic mass is 19.1. The Bertz CT molecular complexity index is 733. The van der Waals surface area contributed by atoms with Crippen molar-refractivity contribution in [3.8, 4) is 0 Å². The minimum Gasteiger partial charge on any atom is -0.343 e. The summed E-state index contributed by atoms with van der Waals surface area (Å²) in [7, 11) is 1.98. The zero-order chi connectivity index (χ0) is 17.8. The number of carbonyl (C=O) groups is 1. The lowest BCUT2D eigenvalue weighted by atomic mass is 10.1. The minimum absolute atomic E-state index is 0.232. The summed E-state index contributed by atoms with van der Waals surface area (Å²) >= 11 is 0. The largest absolute Gasteiger partial charge is 0.343 e. The molecule has 1 amide bonds. The maximum atomic E-state index is 13.2. The molecular formula is C18H23FN4O2. The third kappa shape index (κ3) is 4.63. The van der Waals surface area contributed by atoms with Gasteiger partial charge in [-0.2, -0.15) is 4.98 Å². The Hall–Kier alpha value is -2.28. The molecule has 1 fully saturated rings. The first-order valence-electron chi connectivity index (χ1n) is 8.55. The van der Waals surface area contributed by atoms with Crippen molar-refractivity contribution < 1.29 is 13.7 Å². The van der Waals surface area contributed by atoms with Gasteiger partial charge in [0.25, 0.3) is 0 Å². The third-order valence-corrected chi connectivity index (χ3v) is 4.41. The molecule has 1 aromatic carbocycles. The molecule has 0 radical (unpaired) electrons. The van der Waals surface area contributed by atoms with Crippen molar-refractivity contribution in [2.75, 3.05) is 26.7 Å².